The number of rotatable bonds is 3. The van der Waals surface area contributed by atoms with E-state index in [1.807, 2.05) is 0 Å². The Morgan fingerprint density at radius 1 is 1.21 bits per heavy atom. The number of carbonyl (C=O) groups is 3. The van der Waals surface area contributed by atoms with Crippen LogP contribution in [-0.2, 0) is 4.79 Å². The van der Waals surface area contributed by atoms with Crippen molar-refractivity contribution in [3.05, 3.63) is 58.6 Å². The number of anilines is 1. The predicted octanol–water partition coefficient (Wildman–Crippen LogP) is 2.70. The largest absolute Gasteiger partial charge is 0.497 e. The minimum Gasteiger partial charge on any atom is -0.497 e. The number of hydrogen-bond acceptors (Lipinski definition) is 4. The summed E-state index contributed by atoms with van der Waals surface area (Å²) in [5.74, 6) is -0.0348. The maximum absolute atomic E-state index is 12.9. The number of benzene rings is 2. The molecule has 7 nitrogen and oxygen atoms in total. The monoisotopic (exact) mass is 413 g/mol. The van der Waals surface area contributed by atoms with Crippen LogP contribution in [0.25, 0.3) is 0 Å². The van der Waals surface area contributed by atoms with Crippen LogP contribution < -0.4 is 15.4 Å². The van der Waals surface area contributed by atoms with Crippen LogP contribution in [-0.4, -0.2) is 48.4 Å². The summed E-state index contributed by atoms with van der Waals surface area (Å²) >= 11 is 6.00. The standard InChI is InChI=1S/C21H20ClN3O4/c1-29-15-5-2-12(3-6-15)19(26)23-14-8-9-25-18(11-14)20(27)24-17-10-13(22)4-7-16(17)21(25)28/h2-7,10,14,18H,8-9,11H2,1H3,(H,23,26)(H,24,27)/t14-,18+/m1/s1. The van der Waals surface area contributed by atoms with Gasteiger partial charge in [-0.1, -0.05) is 11.6 Å². The highest BCUT2D eigenvalue weighted by atomic mass is 35.5. The molecule has 29 heavy (non-hydrogen) atoms. The van der Waals surface area contributed by atoms with Crippen molar-refractivity contribution in [3.8, 4) is 5.75 Å². The van der Waals surface area contributed by atoms with E-state index in [4.69, 9.17) is 16.3 Å². The van der Waals surface area contributed by atoms with E-state index in [9.17, 15) is 14.4 Å². The summed E-state index contributed by atoms with van der Waals surface area (Å²) in [6.07, 6.45) is 0.918. The molecule has 0 aromatic heterocycles. The molecule has 2 atom stereocenters. The molecule has 2 aromatic rings. The minimum absolute atomic E-state index is 0.208. The number of ether oxygens (including phenoxy) is 1. The Labute approximate surface area is 173 Å². The fraction of sp³-hybridized carbons (Fsp3) is 0.286. The van der Waals surface area contributed by atoms with Crippen LogP contribution in [0.1, 0.15) is 33.6 Å². The second-order valence-electron chi connectivity index (χ2n) is 7.12. The third kappa shape index (κ3) is 3.78. The molecule has 0 saturated carbocycles. The lowest BCUT2D eigenvalue weighted by Gasteiger charge is -2.37. The van der Waals surface area contributed by atoms with Crippen molar-refractivity contribution in [2.75, 3.05) is 19.0 Å². The van der Waals surface area contributed by atoms with Gasteiger partial charge >= 0.3 is 0 Å². The number of hydrogen-bond donors (Lipinski definition) is 2. The minimum atomic E-state index is -0.649. The zero-order chi connectivity index (χ0) is 20.5. The summed E-state index contributed by atoms with van der Waals surface area (Å²) in [4.78, 5) is 39.8. The summed E-state index contributed by atoms with van der Waals surface area (Å²) in [5, 5.41) is 6.22. The quantitative estimate of drug-likeness (QED) is 0.809. The number of nitrogens with one attached hydrogen (secondary N) is 2. The maximum atomic E-state index is 12.9. The molecular weight excluding hydrogens is 394 g/mol. The molecule has 1 fully saturated rings. The Morgan fingerprint density at radius 3 is 2.69 bits per heavy atom. The summed E-state index contributed by atoms with van der Waals surface area (Å²) in [6, 6.07) is 10.8. The Bertz CT molecular complexity index is 976. The SMILES string of the molecule is COc1ccc(C(=O)N[C@@H]2CCN3C(=O)c4ccc(Cl)cc4NC(=O)[C@@H]3C2)cc1. The van der Waals surface area contributed by atoms with Crippen LogP contribution >= 0.6 is 11.6 Å². The lowest BCUT2D eigenvalue weighted by atomic mass is 9.95. The maximum Gasteiger partial charge on any atom is 0.256 e. The normalized spacial score (nSPS) is 20.8. The Balaban J connectivity index is 1.49. The first kappa shape index (κ1) is 19.3. The second-order valence-corrected chi connectivity index (χ2v) is 7.55. The van der Waals surface area contributed by atoms with Gasteiger partial charge in [0.2, 0.25) is 5.91 Å². The van der Waals surface area contributed by atoms with Gasteiger partial charge in [-0.15, -0.1) is 0 Å². The number of amides is 3. The Morgan fingerprint density at radius 2 is 1.97 bits per heavy atom. The van der Waals surface area contributed by atoms with E-state index in [0.29, 0.717) is 47.0 Å². The van der Waals surface area contributed by atoms with Gasteiger partial charge in [-0.25, -0.2) is 0 Å². The van der Waals surface area contributed by atoms with Crippen LogP contribution in [0.4, 0.5) is 5.69 Å². The Kier molecular flexibility index (Phi) is 5.15. The molecule has 2 aliphatic heterocycles. The first-order valence-electron chi connectivity index (χ1n) is 9.32. The Hall–Kier alpha value is -3.06. The molecule has 150 valence electrons. The average molecular weight is 414 g/mol. The van der Waals surface area contributed by atoms with Crippen molar-refractivity contribution < 1.29 is 19.1 Å². The van der Waals surface area contributed by atoms with Crippen molar-refractivity contribution in [2.45, 2.75) is 24.9 Å². The van der Waals surface area contributed by atoms with Gasteiger partial charge in [-0.2, -0.15) is 0 Å². The fourth-order valence-electron chi connectivity index (χ4n) is 3.78. The molecule has 2 aliphatic rings. The van der Waals surface area contributed by atoms with Crippen molar-refractivity contribution in [1.29, 1.82) is 0 Å². The van der Waals surface area contributed by atoms with Gasteiger partial charge in [0.1, 0.15) is 11.8 Å². The molecule has 0 bridgehead atoms. The van der Waals surface area contributed by atoms with Gasteiger partial charge in [0.25, 0.3) is 11.8 Å². The van der Waals surface area contributed by atoms with Crippen LogP contribution in [0, 0.1) is 0 Å². The summed E-state index contributed by atoms with van der Waals surface area (Å²) in [6.45, 7) is 0.381. The van der Waals surface area contributed by atoms with Crippen molar-refractivity contribution >= 4 is 35.0 Å². The van der Waals surface area contributed by atoms with Crippen molar-refractivity contribution in [3.63, 3.8) is 0 Å². The number of piperidine rings is 1. The lowest BCUT2D eigenvalue weighted by Crippen LogP contribution is -2.55. The molecule has 8 heteroatoms. The van der Waals surface area contributed by atoms with Gasteiger partial charge in [0, 0.05) is 23.2 Å². The number of nitrogens with zero attached hydrogens (tertiary/aromatic N) is 1. The first-order chi connectivity index (χ1) is 14.0. The average Bonchev–Trinajstić information content (AvgIpc) is 2.82. The molecule has 4 rings (SSSR count). The predicted molar refractivity (Wildman–Crippen MR) is 108 cm³/mol. The molecule has 3 amide bonds. The van der Waals surface area contributed by atoms with Gasteiger partial charge in [0.15, 0.2) is 0 Å². The molecule has 2 aromatic carbocycles. The number of fused-ring (bicyclic) bond motifs is 2. The summed E-state index contributed by atoms with van der Waals surface area (Å²) in [7, 11) is 1.56. The zero-order valence-corrected chi connectivity index (χ0v) is 16.5. The lowest BCUT2D eigenvalue weighted by molar-refractivity contribution is -0.121. The fourth-order valence-corrected chi connectivity index (χ4v) is 3.95. The van der Waals surface area contributed by atoms with Crippen LogP contribution in [0.5, 0.6) is 5.75 Å². The molecule has 0 aliphatic carbocycles. The third-order valence-corrected chi connectivity index (χ3v) is 5.56. The number of halogens is 1. The third-order valence-electron chi connectivity index (χ3n) is 5.32. The van der Waals surface area contributed by atoms with E-state index in [0.717, 1.165) is 0 Å². The van der Waals surface area contributed by atoms with E-state index in [-0.39, 0.29) is 23.8 Å². The topological polar surface area (TPSA) is 87.7 Å². The summed E-state index contributed by atoms with van der Waals surface area (Å²) < 4.78 is 5.10. The molecular formula is C21H20ClN3O4. The van der Waals surface area contributed by atoms with E-state index in [1.54, 1.807) is 54.5 Å². The molecule has 1 saturated heterocycles. The second kappa shape index (κ2) is 7.75. The number of carbonyl (C=O) groups excluding carboxylic acids is 3. The highest BCUT2D eigenvalue weighted by Crippen LogP contribution is 2.30. The first-order valence-corrected chi connectivity index (χ1v) is 9.70. The molecule has 0 unspecified atom stereocenters. The highest BCUT2D eigenvalue weighted by Gasteiger charge is 2.40. The molecule has 2 N–H and O–H groups in total. The van der Waals surface area contributed by atoms with E-state index >= 15 is 0 Å². The van der Waals surface area contributed by atoms with Crippen molar-refractivity contribution in [2.24, 2.45) is 0 Å². The number of methoxy groups -OCH3 is 1. The van der Waals surface area contributed by atoms with Gasteiger partial charge < -0.3 is 20.3 Å². The van der Waals surface area contributed by atoms with E-state index < -0.39 is 6.04 Å². The highest BCUT2D eigenvalue weighted by molar-refractivity contribution is 6.31. The molecule has 2 heterocycles. The van der Waals surface area contributed by atoms with Gasteiger partial charge in [-0.05, 0) is 55.3 Å². The van der Waals surface area contributed by atoms with E-state index in [2.05, 4.69) is 10.6 Å². The van der Waals surface area contributed by atoms with Crippen molar-refractivity contribution in [1.82, 2.24) is 10.2 Å². The molecule has 0 spiro atoms. The van der Waals surface area contributed by atoms with Gasteiger partial charge in [0.05, 0.1) is 18.4 Å². The van der Waals surface area contributed by atoms with Crippen LogP contribution in [0.2, 0.25) is 5.02 Å². The van der Waals surface area contributed by atoms with Gasteiger partial charge in [-0.3, -0.25) is 14.4 Å². The smallest absolute Gasteiger partial charge is 0.256 e. The van der Waals surface area contributed by atoms with Crippen LogP contribution in [0.15, 0.2) is 42.5 Å². The summed E-state index contributed by atoms with van der Waals surface area (Å²) in [5.41, 5.74) is 1.35. The zero-order valence-electron chi connectivity index (χ0n) is 15.8. The van der Waals surface area contributed by atoms with Crippen LogP contribution in [0.3, 0.4) is 0 Å². The van der Waals surface area contributed by atoms with E-state index in [1.165, 1.54) is 0 Å². The molecule has 0 radical (unpaired) electrons.